The van der Waals surface area contributed by atoms with Crippen molar-refractivity contribution in [3.05, 3.63) is 0 Å². The summed E-state index contributed by atoms with van der Waals surface area (Å²) in [5.74, 6) is 0. The van der Waals surface area contributed by atoms with Crippen LogP contribution in [-0.4, -0.2) is 53.2 Å². The van der Waals surface area contributed by atoms with Crippen molar-refractivity contribution in [3.63, 3.8) is 0 Å². The smallest absolute Gasteiger partial charge is 0 e. The topological polar surface area (TPSA) is 0 Å². The summed E-state index contributed by atoms with van der Waals surface area (Å²) in [5, 5.41) is 2.94. The summed E-state index contributed by atoms with van der Waals surface area (Å²) in [4.78, 5) is 0. The quantitative estimate of drug-likeness (QED) is 0.503. The Morgan fingerprint density at radius 3 is 1.29 bits per heavy atom. The molecular formula is C4H10GeLi2. The first-order chi connectivity index (χ1) is 2.41. The number of hydrogen-bond acceptors (Lipinski definition) is 0. The molecule has 0 aromatic heterocycles. The van der Waals surface area contributed by atoms with Gasteiger partial charge in [0.05, 0.1) is 0 Å². The maximum atomic E-state index is 2.27. The second-order valence-electron chi connectivity index (χ2n) is 0.957. The molecule has 0 aliphatic heterocycles. The predicted octanol–water partition coefficient (Wildman–Crippen LogP) is 0.805. The normalized spacial score (nSPS) is 6.00. The SMILES string of the molecule is C[CH2][Ge][CH2]C.[Li].[Li]. The molecule has 0 spiro atoms. The molecule has 0 rings (SSSR count). The molecule has 0 atom stereocenters. The van der Waals surface area contributed by atoms with Gasteiger partial charge >= 0.3 is 39.8 Å². The van der Waals surface area contributed by atoms with Gasteiger partial charge in [-0.05, 0) is 0 Å². The van der Waals surface area contributed by atoms with Crippen LogP contribution in [0.2, 0.25) is 10.5 Å². The van der Waals surface area contributed by atoms with Gasteiger partial charge in [-0.2, -0.15) is 0 Å². The van der Waals surface area contributed by atoms with Crippen molar-refractivity contribution in [2.45, 2.75) is 24.4 Å². The van der Waals surface area contributed by atoms with Gasteiger partial charge in [0.2, 0.25) is 0 Å². The Bertz CT molecular complexity index is 17.2. The molecule has 0 heterocycles. The standard InChI is InChI=1S/C4H10Ge.2Li/c1-3-5-4-2;;/h3-4H2,1-2H3;;. The summed E-state index contributed by atoms with van der Waals surface area (Å²) < 4.78 is 0. The Balaban J connectivity index is -0.0000000800. The summed E-state index contributed by atoms with van der Waals surface area (Å²) in [6.07, 6.45) is 0. The summed E-state index contributed by atoms with van der Waals surface area (Å²) in [6, 6.07) is 0. The first kappa shape index (κ1) is 15.9. The van der Waals surface area contributed by atoms with E-state index in [2.05, 4.69) is 13.8 Å². The molecule has 0 aromatic rings. The van der Waals surface area contributed by atoms with Gasteiger partial charge in [0, 0.05) is 37.7 Å². The minimum Gasteiger partial charge on any atom is 0 e. The maximum absolute atomic E-state index is 2.27. The van der Waals surface area contributed by atoms with Crippen molar-refractivity contribution in [1.82, 2.24) is 0 Å². The Morgan fingerprint density at radius 1 is 1.00 bits per heavy atom. The van der Waals surface area contributed by atoms with Crippen LogP contribution in [0.5, 0.6) is 0 Å². The zero-order chi connectivity index (χ0) is 4.12. The fourth-order valence-electron chi connectivity index (χ4n) is 0.250. The van der Waals surface area contributed by atoms with E-state index in [0.29, 0.717) is 15.4 Å². The Kier molecular flexibility index (Phi) is 35.5. The van der Waals surface area contributed by atoms with Gasteiger partial charge in [-0.1, -0.05) is 0 Å². The largest absolute Gasteiger partial charge is 0 e. The fraction of sp³-hybridized carbons (Fsp3) is 1.00. The maximum Gasteiger partial charge on any atom is 0 e. The van der Waals surface area contributed by atoms with Crippen molar-refractivity contribution >= 4 is 53.2 Å². The van der Waals surface area contributed by atoms with Crippen LogP contribution in [0.25, 0.3) is 0 Å². The van der Waals surface area contributed by atoms with Crippen LogP contribution in [0.4, 0.5) is 0 Å². The summed E-state index contributed by atoms with van der Waals surface area (Å²) >= 11 is 0.528. The van der Waals surface area contributed by atoms with Gasteiger partial charge in [-0.3, -0.25) is 0 Å². The predicted molar refractivity (Wildman–Crippen MR) is 38.2 cm³/mol. The van der Waals surface area contributed by atoms with Crippen molar-refractivity contribution in [3.8, 4) is 0 Å². The molecule has 3 heteroatoms. The zero-order valence-electron chi connectivity index (χ0n) is 5.91. The summed E-state index contributed by atoms with van der Waals surface area (Å²) in [7, 11) is 0. The van der Waals surface area contributed by atoms with E-state index >= 15 is 0 Å². The molecule has 0 amide bonds. The van der Waals surface area contributed by atoms with Crippen LogP contribution in [0, 0.1) is 0 Å². The zero-order valence-corrected chi connectivity index (χ0v) is 8.01. The monoisotopic (exact) mass is 146 g/mol. The Labute approximate surface area is 77.0 Å². The van der Waals surface area contributed by atoms with Crippen LogP contribution >= 0.6 is 0 Å². The molecule has 0 aromatic carbocycles. The third-order valence-corrected chi connectivity index (χ3v) is 2.60. The van der Waals surface area contributed by atoms with Gasteiger partial charge in [0.15, 0.2) is 0 Å². The minimum absolute atomic E-state index is 0. The van der Waals surface area contributed by atoms with Crippen molar-refractivity contribution in [2.24, 2.45) is 0 Å². The second kappa shape index (κ2) is 15.6. The van der Waals surface area contributed by atoms with Gasteiger partial charge in [0.1, 0.15) is 0 Å². The van der Waals surface area contributed by atoms with E-state index < -0.39 is 0 Å². The van der Waals surface area contributed by atoms with E-state index in [1.165, 1.54) is 10.5 Å². The van der Waals surface area contributed by atoms with E-state index in [1.807, 2.05) is 0 Å². The van der Waals surface area contributed by atoms with Gasteiger partial charge in [0.25, 0.3) is 0 Å². The minimum atomic E-state index is 0. The first-order valence-electron chi connectivity index (χ1n) is 2.12. The van der Waals surface area contributed by atoms with E-state index in [1.54, 1.807) is 0 Å². The molecule has 7 heavy (non-hydrogen) atoms. The van der Waals surface area contributed by atoms with Gasteiger partial charge in [-0.15, -0.1) is 0 Å². The molecule has 4 radical (unpaired) electrons. The second-order valence-corrected chi connectivity index (χ2v) is 4.97. The molecule has 0 N–H and O–H groups in total. The average molecular weight is 145 g/mol. The molecule has 0 fully saturated rings. The Morgan fingerprint density at radius 2 is 1.29 bits per heavy atom. The van der Waals surface area contributed by atoms with E-state index in [0.717, 1.165) is 0 Å². The molecule has 32 valence electrons. The molecule has 0 bridgehead atoms. The van der Waals surface area contributed by atoms with Crippen LogP contribution < -0.4 is 0 Å². The molecule has 0 saturated carbocycles. The van der Waals surface area contributed by atoms with Gasteiger partial charge in [-0.25, -0.2) is 0 Å². The molecule has 0 saturated heterocycles. The molecule has 0 unspecified atom stereocenters. The van der Waals surface area contributed by atoms with Crippen molar-refractivity contribution in [1.29, 1.82) is 0 Å². The fourth-order valence-corrected chi connectivity index (χ4v) is 1.30. The number of hydrogen-bond donors (Lipinski definition) is 0. The van der Waals surface area contributed by atoms with Crippen LogP contribution in [-0.2, 0) is 0 Å². The average Bonchev–Trinajstić information content (AvgIpc) is 1.41. The molecular weight excluding hydrogens is 135 g/mol. The first-order valence-corrected chi connectivity index (χ1v) is 5.09. The van der Waals surface area contributed by atoms with Crippen LogP contribution in [0.1, 0.15) is 13.8 Å². The van der Waals surface area contributed by atoms with Crippen LogP contribution in [0.15, 0.2) is 0 Å². The molecule has 0 aliphatic carbocycles. The third-order valence-electron chi connectivity index (χ3n) is 0.500. The number of rotatable bonds is 2. The summed E-state index contributed by atoms with van der Waals surface area (Å²) in [5.41, 5.74) is 0. The van der Waals surface area contributed by atoms with E-state index in [4.69, 9.17) is 0 Å². The molecule has 0 nitrogen and oxygen atoms in total. The van der Waals surface area contributed by atoms with Crippen LogP contribution in [0.3, 0.4) is 0 Å². The van der Waals surface area contributed by atoms with E-state index in [9.17, 15) is 0 Å². The Hall–Kier alpha value is 1.74. The van der Waals surface area contributed by atoms with Crippen molar-refractivity contribution < 1.29 is 0 Å². The van der Waals surface area contributed by atoms with E-state index in [-0.39, 0.29) is 37.7 Å². The van der Waals surface area contributed by atoms with Crippen molar-refractivity contribution in [2.75, 3.05) is 0 Å². The van der Waals surface area contributed by atoms with Gasteiger partial charge < -0.3 is 0 Å². The summed E-state index contributed by atoms with van der Waals surface area (Å²) in [6.45, 7) is 4.53. The third kappa shape index (κ3) is 18.2. The molecule has 0 aliphatic rings.